The number of hydrogen-bond donors (Lipinski definition) is 0. The molecule has 0 radical (unpaired) electrons. The summed E-state index contributed by atoms with van der Waals surface area (Å²) < 4.78 is 10.0. The lowest BCUT2D eigenvalue weighted by Crippen LogP contribution is -2.33. The van der Waals surface area contributed by atoms with Gasteiger partial charge in [0.1, 0.15) is 6.61 Å². The van der Waals surface area contributed by atoms with Gasteiger partial charge >= 0.3 is 5.97 Å². The first-order chi connectivity index (χ1) is 8.72. The summed E-state index contributed by atoms with van der Waals surface area (Å²) in [6, 6.07) is 0. The van der Waals surface area contributed by atoms with Crippen LogP contribution in [0.3, 0.4) is 0 Å². The number of likely N-dealkylation sites (tertiary alicyclic amines) is 1. The zero-order chi connectivity index (χ0) is 13.2. The first-order valence-electron chi connectivity index (χ1n) is 6.86. The highest BCUT2D eigenvalue weighted by atomic mass is 16.6. The van der Waals surface area contributed by atoms with Gasteiger partial charge in [0.05, 0.1) is 13.2 Å². The molecule has 1 aliphatic rings. The summed E-state index contributed by atoms with van der Waals surface area (Å²) >= 11 is 0. The van der Waals surface area contributed by atoms with Crippen molar-refractivity contribution < 1.29 is 14.3 Å². The van der Waals surface area contributed by atoms with Crippen LogP contribution in [0.2, 0.25) is 0 Å². The fourth-order valence-corrected chi connectivity index (χ4v) is 2.01. The van der Waals surface area contributed by atoms with Crippen LogP contribution in [0.1, 0.15) is 19.8 Å². The Morgan fingerprint density at radius 2 is 2.00 bits per heavy atom. The van der Waals surface area contributed by atoms with Crippen LogP contribution in [0.15, 0.2) is 0 Å². The highest BCUT2D eigenvalue weighted by Gasteiger charge is 2.11. The van der Waals surface area contributed by atoms with Gasteiger partial charge < -0.3 is 19.3 Å². The van der Waals surface area contributed by atoms with Crippen LogP contribution in [-0.4, -0.2) is 75.4 Å². The number of carbonyl (C=O) groups excluding carboxylic acids is 1. The Bertz CT molecular complexity index is 230. The molecule has 1 fully saturated rings. The Balaban J connectivity index is 1.92. The molecule has 1 aliphatic heterocycles. The van der Waals surface area contributed by atoms with Crippen molar-refractivity contribution in [3.8, 4) is 0 Å². The maximum absolute atomic E-state index is 11.0. The van der Waals surface area contributed by atoms with Crippen LogP contribution in [0.25, 0.3) is 0 Å². The molecule has 0 spiro atoms. The lowest BCUT2D eigenvalue weighted by Gasteiger charge is -2.21. The lowest BCUT2D eigenvalue weighted by atomic mass is 10.4. The molecule has 0 aromatic carbocycles. The quantitative estimate of drug-likeness (QED) is 0.447. The van der Waals surface area contributed by atoms with E-state index in [4.69, 9.17) is 9.47 Å². The monoisotopic (exact) mass is 258 g/mol. The average Bonchev–Trinajstić information content (AvgIpc) is 2.85. The summed E-state index contributed by atoms with van der Waals surface area (Å²) in [4.78, 5) is 15.8. The highest BCUT2D eigenvalue weighted by Crippen LogP contribution is 2.06. The van der Waals surface area contributed by atoms with Gasteiger partial charge in [-0.2, -0.15) is 0 Å². The molecule has 5 heteroatoms. The van der Waals surface area contributed by atoms with Crippen LogP contribution in [-0.2, 0) is 14.3 Å². The predicted molar refractivity (Wildman–Crippen MR) is 70.6 cm³/mol. The van der Waals surface area contributed by atoms with E-state index < -0.39 is 0 Å². The topological polar surface area (TPSA) is 42.0 Å². The summed E-state index contributed by atoms with van der Waals surface area (Å²) in [7, 11) is 2.09. The van der Waals surface area contributed by atoms with Crippen molar-refractivity contribution in [2.45, 2.75) is 19.8 Å². The smallest absolute Gasteiger partial charge is 0.332 e. The zero-order valence-corrected chi connectivity index (χ0v) is 11.7. The van der Waals surface area contributed by atoms with Gasteiger partial charge in [-0.3, -0.25) is 0 Å². The minimum absolute atomic E-state index is 0.0633. The van der Waals surface area contributed by atoms with E-state index in [1.165, 1.54) is 25.9 Å². The number of likely N-dealkylation sites (N-methyl/N-ethyl adjacent to an activating group) is 1. The van der Waals surface area contributed by atoms with E-state index in [2.05, 4.69) is 16.8 Å². The molecule has 0 aromatic rings. The van der Waals surface area contributed by atoms with Crippen molar-refractivity contribution in [3.05, 3.63) is 0 Å². The third kappa shape index (κ3) is 6.93. The molecule has 18 heavy (non-hydrogen) atoms. The molecule has 0 amide bonds. The second-order valence-corrected chi connectivity index (χ2v) is 4.71. The Hall–Kier alpha value is -0.650. The fraction of sp³-hybridized carbons (Fsp3) is 0.923. The van der Waals surface area contributed by atoms with Crippen LogP contribution in [0.5, 0.6) is 0 Å². The third-order valence-electron chi connectivity index (χ3n) is 3.14. The number of rotatable bonds is 9. The van der Waals surface area contributed by atoms with E-state index in [-0.39, 0.29) is 12.6 Å². The van der Waals surface area contributed by atoms with E-state index in [1.807, 2.05) is 0 Å². The normalized spacial score (nSPS) is 16.4. The number of ether oxygens (including phenoxy) is 2. The maximum atomic E-state index is 11.0. The summed E-state index contributed by atoms with van der Waals surface area (Å²) in [6.45, 7) is 8.38. The molecular weight excluding hydrogens is 232 g/mol. The van der Waals surface area contributed by atoms with E-state index in [0.717, 1.165) is 19.6 Å². The summed E-state index contributed by atoms with van der Waals surface area (Å²) in [5, 5.41) is 0. The first kappa shape index (κ1) is 15.4. The van der Waals surface area contributed by atoms with E-state index in [9.17, 15) is 4.79 Å². The van der Waals surface area contributed by atoms with Crippen molar-refractivity contribution in [2.24, 2.45) is 0 Å². The van der Waals surface area contributed by atoms with Crippen molar-refractivity contribution in [3.63, 3.8) is 0 Å². The van der Waals surface area contributed by atoms with Gasteiger partial charge in [0, 0.05) is 19.6 Å². The molecule has 0 N–H and O–H groups in total. The largest absolute Gasteiger partial charge is 0.464 e. The van der Waals surface area contributed by atoms with Gasteiger partial charge in [0.25, 0.3) is 0 Å². The summed E-state index contributed by atoms with van der Waals surface area (Å²) in [5.74, 6) is -0.280. The summed E-state index contributed by atoms with van der Waals surface area (Å²) in [6.07, 6.45) is 2.68. The van der Waals surface area contributed by atoms with Crippen LogP contribution < -0.4 is 0 Å². The van der Waals surface area contributed by atoms with E-state index in [1.54, 1.807) is 6.92 Å². The Labute approximate surface area is 110 Å². The molecule has 0 unspecified atom stereocenters. The van der Waals surface area contributed by atoms with Crippen molar-refractivity contribution >= 4 is 5.97 Å². The van der Waals surface area contributed by atoms with Crippen molar-refractivity contribution in [2.75, 3.05) is 59.6 Å². The van der Waals surface area contributed by atoms with Gasteiger partial charge in [-0.1, -0.05) is 0 Å². The predicted octanol–water partition coefficient (Wildman–Crippen LogP) is 0.594. The molecule has 0 aliphatic carbocycles. The molecule has 0 atom stereocenters. The Kier molecular flexibility index (Phi) is 7.96. The standard InChI is InChI=1S/C13H26N2O3/c1-3-18-13(16)12-17-11-10-14(2)8-9-15-6-4-5-7-15/h3-12H2,1-2H3. The minimum atomic E-state index is -0.280. The minimum Gasteiger partial charge on any atom is -0.464 e. The van der Waals surface area contributed by atoms with Crippen LogP contribution >= 0.6 is 0 Å². The third-order valence-corrected chi connectivity index (χ3v) is 3.14. The molecule has 5 nitrogen and oxygen atoms in total. The second-order valence-electron chi connectivity index (χ2n) is 4.71. The lowest BCUT2D eigenvalue weighted by molar-refractivity contribution is -0.148. The maximum Gasteiger partial charge on any atom is 0.332 e. The molecule has 0 aromatic heterocycles. The van der Waals surface area contributed by atoms with Crippen LogP contribution in [0.4, 0.5) is 0 Å². The van der Waals surface area contributed by atoms with Gasteiger partial charge in [-0.05, 0) is 39.9 Å². The SMILES string of the molecule is CCOC(=O)COCCN(C)CCN1CCCC1. The fourth-order valence-electron chi connectivity index (χ4n) is 2.01. The molecule has 1 heterocycles. The first-order valence-corrected chi connectivity index (χ1v) is 6.86. The molecule has 106 valence electrons. The molecular formula is C13H26N2O3. The van der Waals surface area contributed by atoms with Gasteiger partial charge in [0.15, 0.2) is 0 Å². The molecule has 0 saturated carbocycles. The van der Waals surface area contributed by atoms with Crippen molar-refractivity contribution in [1.82, 2.24) is 9.80 Å². The molecule has 1 saturated heterocycles. The van der Waals surface area contributed by atoms with Crippen molar-refractivity contribution in [1.29, 1.82) is 0 Å². The average molecular weight is 258 g/mol. The number of hydrogen-bond acceptors (Lipinski definition) is 5. The van der Waals surface area contributed by atoms with Gasteiger partial charge in [-0.15, -0.1) is 0 Å². The molecule has 1 rings (SSSR count). The number of nitrogens with zero attached hydrogens (tertiary/aromatic N) is 2. The highest BCUT2D eigenvalue weighted by molar-refractivity contribution is 5.70. The summed E-state index contributed by atoms with van der Waals surface area (Å²) in [5.41, 5.74) is 0. The molecule has 0 bridgehead atoms. The van der Waals surface area contributed by atoms with Gasteiger partial charge in [0.2, 0.25) is 0 Å². The number of carbonyl (C=O) groups is 1. The second kappa shape index (κ2) is 9.30. The van der Waals surface area contributed by atoms with E-state index in [0.29, 0.717) is 13.2 Å². The van der Waals surface area contributed by atoms with E-state index >= 15 is 0 Å². The zero-order valence-electron chi connectivity index (χ0n) is 11.7. The Morgan fingerprint density at radius 1 is 1.28 bits per heavy atom. The van der Waals surface area contributed by atoms with Crippen LogP contribution in [0, 0.1) is 0 Å². The van der Waals surface area contributed by atoms with Gasteiger partial charge in [-0.25, -0.2) is 4.79 Å². The number of esters is 1. The Morgan fingerprint density at radius 3 is 2.67 bits per heavy atom.